The van der Waals surface area contributed by atoms with Crippen LogP contribution in [0.3, 0.4) is 0 Å². The Labute approximate surface area is 224 Å². The molecular formula is C25H36F3N5O6. The summed E-state index contributed by atoms with van der Waals surface area (Å²) >= 11 is 0. The van der Waals surface area contributed by atoms with Crippen molar-refractivity contribution in [3.63, 3.8) is 0 Å². The Bertz CT molecular complexity index is 1060. The second kappa shape index (κ2) is 9.93. The molecule has 0 aromatic rings. The lowest BCUT2D eigenvalue weighted by Gasteiger charge is -2.38. The van der Waals surface area contributed by atoms with E-state index in [2.05, 4.69) is 10.6 Å². The Morgan fingerprint density at radius 3 is 2.33 bits per heavy atom. The van der Waals surface area contributed by atoms with E-state index in [1.165, 1.54) is 14.0 Å². The van der Waals surface area contributed by atoms with E-state index < -0.39 is 60.0 Å². The third-order valence-corrected chi connectivity index (χ3v) is 9.30. The normalized spacial score (nSPS) is 30.4. The number of fused-ring (bicyclic) bond motifs is 1. The van der Waals surface area contributed by atoms with Crippen molar-refractivity contribution in [2.24, 2.45) is 28.9 Å². The third-order valence-electron chi connectivity index (χ3n) is 9.30. The summed E-state index contributed by atoms with van der Waals surface area (Å²) in [6.45, 7) is 5.24. The molecule has 2 saturated heterocycles. The Morgan fingerprint density at radius 2 is 1.85 bits per heavy atom. The van der Waals surface area contributed by atoms with Crippen LogP contribution in [0.15, 0.2) is 0 Å². The van der Waals surface area contributed by atoms with Crippen LogP contribution in [0.1, 0.15) is 52.9 Å². The highest BCUT2D eigenvalue weighted by Gasteiger charge is 2.70. The summed E-state index contributed by atoms with van der Waals surface area (Å²) in [5.74, 6) is -5.87. The fraction of sp³-hybridized carbons (Fsp3) is 0.800. The topological polar surface area (TPSA) is 160 Å². The highest BCUT2D eigenvalue weighted by Crippen LogP contribution is 2.65. The first-order valence-corrected chi connectivity index (χ1v) is 13.1. The van der Waals surface area contributed by atoms with Gasteiger partial charge in [-0.15, -0.1) is 0 Å². The van der Waals surface area contributed by atoms with Crippen LogP contribution in [-0.2, 0) is 28.7 Å². The summed E-state index contributed by atoms with van der Waals surface area (Å²) in [6.07, 6.45) is -3.12. The van der Waals surface area contributed by atoms with Crippen molar-refractivity contribution in [1.29, 1.82) is 0 Å². The zero-order valence-electron chi connectivity index (χ0n) is 22.4. The molecule has 39 heavy (non-hydrogen) atoms. The zero-order valence-corrected chi connectivity index (χ0v) is 22.4. The molecule has 0 aromatic carbocycles. The average molecular weight is 560 g/mol. The second-order valence-corrected chi connectivity index (χ2v) is 12.0. The summed E-state index contributed by atoms with van der Waals surface area (Å²) in [7, 11) is 1.18. The van der Waals surface area contributed by atoms with E-state index in [1.807, 2.05) is 13.8 Å². The largest absolute Gasteiger partial charge is 0.471 e. The van der Waals surface area contributed by atoms with Crippen molar-refractivity contribution in [3.8, 4) is 0 Å². The minimum absolute atomic E-state index is 0.00220. The number of amides is 5. The number of carbonyl (C=O) groups is 5. The van der Waals surface area contributed by atoms with Crippen LogP contribution in [0.2, 0.25) is 0 Å². The Morgan fingerprint density at radius 1 is 1.21 bits per heavy atom. The van der Waals surface area contributed by atoms with Gasteiger partial charge in [-0.1, -0.05) is 13.8 Å². The number of piperidine rings is 1. The molecule has 0 aromatic heterocycles. The van der Waals surface area contributed by atoms with Crippen LogP contribution >= 0.6 is 0 Å². The van der Waals surface area contributed by atoms with Crippen molar-refractivity contribution in [2.75, 3.05) is 13.7 Å². The third kappa shape index (κ3) is 5.31. The zero-order chi connectivity index (χ0) is 29.1. The second-order valence-electron chi connectivity index (χ2n) is 12.0. The standard InChI is InChI=1S/C25H36F3N5O6/c1-11(39-4)16(31-22(38)25(26,27)28)21(37)33-10-13-15(23(13,2)3)17(33)20(36)30-14(18(29)34)8-12-9-24(6-5-7-24)32-19(12)35/h11-17H,5-10H2,1-4H3,(H2,29,34)(H,30,36)(H,31,38)(H,32,35)/t11-,12-,13?,14+,15?,16+,17?/m1/s1. The van der Waals surface area contributed by atoms with Gasteiger partial charge in [-0.25, -0.2) is 0 Å². The summed E-state index contributed by atoms with van der Waals surface area (Å²) in [5, 5.41) is 7.29. The molecule has 7 atom stereocenters. The van der Waals surface area contributed by atoms with Gasteiger partial charge in [0.05, 0.1) is 6.10 Å². The number of nitrogens with two attached hydrogens (primary N) is 1. The number of ether oxygens (including phenoxy) is 1. The van der Waals surface area contributed by atoms with Gasteiger partial charge in [0, 0.05) is 25.1 Å². The van der Waals surface area contributed by atoms with Gasteiger partial charge < -0.3 is 31.3 Å². The van der Waals surface area contributed by atoms with Crippen molar-refractivity contribution >= 4 is 29.5 Å². The lowest BCUT2D eigenvalue weighted by molar-refractivity contribution is -0.176. The molecule has 5 amide bonds. The number of hydrogen-bond donors (Lipinski definition) is 4. The highest BCUT2D eigenvalue weighted by molar-refractivity contribution is 5.96. The molecule has 2 heterocycles. The van der Waals surface area contributed by atoms with E-state index in [1.54, 1.807) is 5.32 Å². The molecule has 14 heteroatoms. The van der Waals surface area contributed by atoms with Crippen LogP contribution in [0.5, 0.6) is 0 Å². The summed E-state index contributed by atoms with van der Waals surface area (Å²) in [5.41, 5.74) is 4.98. The number of alkyl halides is 3. The molecule has 3 unspecified atom stereocenters. The van der Waals surface area contributed by atoms with Gasteiger partial charge in [0.2, 0.25) is 23.6 Å². The van der Waals surface area contributed by atoms with E-state index >= 15 is 0 Å². The number of nitrogens with zero attached hydrogens (tertiary/aromatic N) is 1. The minimum Gasteiger partial charge on any atom is -0.379 e. The van der Waals surface area contributed by atoms with E-state index in [0.717, 1.165) is 24.2 Å². The number of nitrogens with one attached hydrogen (secondary N) is 3. The number of hydrogen-bond acceptors (Lipinski definition) is 6. The van der Waals surface area contributed by atoms with Crippen LogP contribution in [0.25, 0.3) is 0 Å². The van der Waals surface area contributed by atoms with Crippen molar-refractivity contribution in [2.45, 2.75) is 88.8 Å². The first kappa shape index (κ1) is 29.1. The molecular weight excluding hydrogens is 523 g/mol. The molecule has 0 radical (unpaired) electrons. The van der Waals surface area contributed by atoms with Gasteiger partial charge in [0.25, 0.3) is 0 Å². The number of rotatable bonds is 9. The molecule has 4 aliphatic rings. The van der Waals surface area contributed by atoms with E-state index in [0.29, 0.717) is 6.42 Å². The van der Waals surface area contributed by atoms with E-state index in [4.69, 9.17) is 10.5 Å². The van der Waals surface area contributed by atoms with Gasteiger partial charge >= 0.3 is 12.1 Å². The summed E-state index contributed by atoms with van der Waals surface area (Å²) in [4.78, 5) is 64.7. The molecule has 11 nitrogen and oxygen atoms in total. The van der Waals surface area contributed by atoms with E-state index in [-0.39, 0.29) is 41.7 Å². The van der Waals surface area contributed by atoms with Gasteiger partial charge in [0.1, 0.15) is 18.1 Å². The van der Waals surface area contributed by atoms with Crippen molar-refractivity contribution in [3.05, 3.63) is 0 Å². The first-order valence-electron chi connectivity index (χ1n) is 13.1. The quantitative estimate of drug-likeness (QED) is 0.310. The summed E-state index contributed by atoms with van der Waals surface area (Å²) < 4.78 is 44.0. The van der Waals surface area contributed by atoms with Gasteiger partial charge in [-0.3, -0.25) is 24.0 Å². The number of likely N-dealkylation sites (tertiary alicyclic amines) is 1. The Balaban J connectivity index is 1.51. The molecule has 218 valence electrons. The molecule has 5 N–H and O–H groups in total. The van der Waals surface area contributed by atoms with E-state index in [9.17, 15) is 37.1 Å². The molecule has 4 rings (SSSR count). The van der Waals surface area contributed by atoms with Crippen LogP contribution in [-0.4, -0.2) is 84.0 Å². The number of methoxy groups -OCH3 is 1. The molecule has 2 aliphatic heterocycles. The number of carbonyl (C=O) groups excluding carboxylic acids is 5. The Kier molecular flexibility index (Phi) is 7.41. The van der Waals surface area contributed by atoms with Crippen molar-refractivity contribution in [1.82, 2.24) is 20.9 Å². The number of halogens is 3. The first-order chi connectivity index (χ1) is 18.0. The number of primary amides is 1. The van der Waals surface area contributed by atoms with Gasteiger partial charge in [-0.2, -0.15) is 13.2 Å². The van der Waals surface area contributed by atoms with Crippen LogP contribution < -0.4 is 21.7 Å². The predicted octanol–water partition coefficient (Wildman–Crippen LogP) is -0.0296. The molecule has 2 aliphatic carbocycles. The lowest BCUT2D eigenvalue weighted by Crippen LogP contribution is -2.61. The van der Waals surface area contributed by atoms with Crippen molar-refractivity contribution < 1.29 is 41.9 Å². The maximum atomic E-state index is 13.6. The maximum Gasteiger partial charge on any atom is 0.471 e. The monoisotopic (exact) mass is 559 g/mol. The predicted molar refractivity (Wildman–Crippen MR) is 129 cm³/mol. The average Bonchev–Trinajstić information content (AvgIpc) is 3.15. The smallest absolute Gasteiger partial charge is 0.379 e. The van der Waals surface area contributed by atoms with Crippen LogP contribution in [0, 0.1) is 23.2 Å². The fourth-order valence-electron chi connectivity index (χ4n) is 6.62. The lowest BCUT2D eigenvalue weighted by atomic mass is 9.74. The SMILES string of the molecule is CO[C@H](C)[C@H](NC(=O)C(F)(F)F)C(=O)N1CC2C(C1C(=O)N[C@@H](C[C@@H]1CC3(CCC3)NC1=O)C(N)=O)C2(C)C. The highest BCUT2D eigenvalue weighted by atomic mass is 19.4. The molecule has 2 saturated carbocycles. The van der Waals surface area contributed by atoms with Gasteiger partial charge in [-0.05, 0) is 56.3 Å². The maximum absolute atomic E-state index is 13.6. The molecule has 1 spiro atoms. The van der Waals surface area contributed by atoms with Crippen LogP contribution in [0.4, 0.5) is 13.2 Å². The summed E-state index contributed by atoms with van der Waals surface area (Å²) in [6, 6.07) is -3.99. The fourth-order valence-corrected chi connectivity index (χ4v) is 6.62. The molecule has 0 bridgehead atoms. The van der Waals surface area contributed by atoms with Gasteiger partial charge in [0.15, 0.2) is 0 Å². The molecule has 4 fully saturated rings. The minimum atomic E-state index is -5.22. The Hall–Kier alpha value is -2.90.